The molecule has 8 nitrogen and oxygen atoms in total. The van der Waals surface area contributed by atoms with Crippen LogP contribution in [-0.4, -0.2) is 45.0 Å². The Kier molecular flexibility index (Phi) is 8.42. The number of ether oxygens (including phenoxy) is 3. The van der Waals surface area contributed by atoms with Crippen molar-refractivity contribution in [3.63, 3.8) is 0 Å². The van der Waals surface area contributed by atoms with Crippen LogP contribution >= 0.6 is 27.3 Å². The molecule has 4 rings (SSSR count). The van der Waals surface area contributed by atoms with Gasteiger partial charge in [0.15, 0.2) is 16.3 Å². The molecular formula is C28H30BrN3O5S. The largest absolute Gasteiger partial charge is 0.493 e. The van der Waals surface area contributed by atoms with Crippen molar-refractivity contribution in [2.75, 3.05) is 39.3 Å². The van der Waals surface area contributed by atoms with E-state index in [1.807, 2.05) is 62.3 Å². The molecule has 1 atom stereocenters. The van der Waals surface area contributed by atoms with Gasteiger partial charge in [0.25, 0.3) is 5.56 Å². The Hall–Kier alpha value is -3.37. The molecule has 0 radical (unpaired) electrons. The molecule has 1 aromatic heterocycles. The first-order valence-electron chi connectivity index (χ1n) is 12.2. The van der Waals surface area contributed by atoms with E-state index < -0.39 is 12.0 Å². The maximum Gasteiger partial charge on any atom is 0.338 e. The highest BCUT2D eigenvalue weighted by atomic mass is 79.9. The molecular weight excluding hydrogens is 570 g/mol. The van der Waals surface area contributed by atoms with Crippen LogP contribution in [0.5, 0.6) is 11.5 Å². The van der Waals surface area contributed by atoms with Gasteiger partial charge in [-0.25, -0.2) is 9.79 Å². The Balaban J connectivity index is 1.92. The minimum atomic E-state index is -0.665. The van der Waals surface area contributed by atoms with Crippen molar-refractivity contribution in [1.29, 1.82) is 0 Å². The van der Waals surface area contributed by atoms with Crippen LogP contribution in [0.4, 0.5) is 5.69 Å². The summed E-state index contributed by atoms with van der Waals surface area (Å²) in [6.07, 6.45) is 1.79. The Morgan fingerprint density at radius 1 is 1.16 bits per heavy atom. The minimum absolute atomic E-state index is 0.222. The van der Waals surface area contributed by atoms with Crippen molar-refractivity contribution in [1.82, 2.24) is 4.57 Å². The van der Waals surface area contributed by atoms with Gasteiger partial charge in [-0.05, 0) is 62.2 Å². The van der Waals surface area contributed by atoms with E-state index in [1.54, 1.807) is 31.6 Å². The van der Waals surface area contributed by atoms with Gasteiger partial charge in [-0.3, -0.25) is 9.36 Å². The summed E-state index contributed by atoms with van der Waals surface area (Å²) in [5.41, 5.74) is 3.20. The zero-order chi connectivity index (χ0) is 27.6. The molecule has 1 aliphatic rings. The predicted octanol–water partition coefficient (Wildman–Crippen LogP) is 4.03. The van der Waals surface area contributed by atoms with E-state index in [0.717, 1.165) is 21.3 Å². The molecule has 0 saturated heterocycles. The van der Waals surface area contributed by atoms with E-state index >= 15 is 0 Å². The number of esters is 1. The normalized spacial score (nSPS) is 15.1. The number of hydrogen-bond acceptors (Lipinski definition) is 8. The molecule has 38 heavy (non-hydrogen) atoms. The number of allylic oxidation sites excluding steroid dienone is 1. The van der Waals surface area contributed by atoms with E-state index in [2.05, 4.69) is 20.9 Å². The summed E-state index contributed by atoms with van der Waals surface area (Å²) in [7, 11) is 5.49. The molecule has 10 heteroatoms. The molecule has 0 aliphatic carbocycles. The number of aromatic nitrogens is 1. The Morgan fingerprint density at radius 2 is 1.87 bits per heavy atom. The molecule has 0 bridgehead atoms. The molecule has 2 heterocycles. The number of rotatable bonds is 8. The molecule has 0 spiro atoms. The Morgan fingerprint density at radius 3 is 2.47 bits per heavy atom. The van der Waals surface area contributed by atoms with Crippen molar-refractivity contribution < 1.29 is 19.0 Å². The highest BCUT2D eigenvalue weighted by Gasteiger charge is 2.33. The van der Waals surface area contributed by atoms with E-state index in [0.29, 0.717) is 38.7 Å². The molecule has 3 aromatic rings. The van der Waals surface area contributed by atoms with Crippen LogP contribution in [0.2, 0.25) is 0 Å². The number of anilines is 1. The van der Waals surface area contributed by atoms with Crippen LogP contribution in [0.3, 0.4) is 0 Å². The molecule has 2 aromatic carbocycles. The number of halogens is 1. The maximum atomic E-state index is 13.9. The van der Waals surface area contributed by atoms with Gasteiger partial charge in [0, 0.05) is 24.3 Å². The number of hydrogen-bond donors (Lipinski definition) is 0. The van der Waals surface area contributed by atoms with Gasteiger partial charge in [0.2, 0.25) is 0 Å². The lowest BCUT2D eigenvalue weighted by Crippen LogP contribution is -2.40. The first-order chi connectivity index (χ1) is 18.2. The molecule has 0 unspecified atom stereocenters. The molecule has 200 valence electrons. The average molecular weight is 601 g/mol. The molecule has 1 aliphatic heterocycles. The predicted molar refractivity (Wildman–Crippen MR) is 153 cm³/mol. The van der Waals surface area contributed by atoms with Crippen molar-refractivity contribution in [3.8, 4) is 11.5 Å². The van der Waals surface area contributed by atoms with Crippen molar-refractivity contribution in [2.45, 2.75) is 26.8 Å². The van der Waals surface area contributed by atoms with Gasteiger partial charge in [-0.2, -0.15) is 0 Å². The lowest BCUT2D eigenvalue weighted by molar-refractivity contribution is -0.139. The van der Waals surface area contributed by atoms with Gasteiger partial charge >= 0.3 is 5.97 Å². The van der Waals surface area contributed by atoms with Crippen LogP contribution in [0.25, 0.3) is 6.08 Å². The third-order valence-electron chi connectivity index (χ3n) is 6.11. The zero-order valence-electron chi connectivity index (χ0n) is 22.2. The van der Waals surface area contributed by atoms with Crippen LogP contribution in [-0.2, 0) is 9.53 Å². The van der Waals surface area contributed by atoms with Gasteiger partial charge in [0.05, 0.1) is 42.2 Å². The van der Waals surface area contributed by atoms with Crippen LogP contribution in [0.15, 0.2) is 61.9 Å². The summed E-state index contributed by atoms with van der Waals surface area (Å²) in [5.74, 6) is 0.688. The third kappa shape index (κ3) is 5.28. The number of thiazole rings is 1. The number of carbonyl (C=O) groups excluding carboxylic acids is 1. The first kappa shape index (κ1) is 27.7. The summed E-state index contributed by atoms with van der Waals surface area (Å²) < 4.78 is 19.3. The van der Waals surface area contributed by atoms with E-state index in [4.69, 9.17) is 14.2 Å². The lowest BCUT2D eigenvalue weighted by atomic mass is 9.95. The number of benzene rings is 2. The van der Waals surface area contributed by atoms with Crippen LogP contribution < -0.4 is 29.3 Å². The maximum absolute atomic E-state index is 13.9. The lowest BCUT2D eigenvalue weighted by Gasteiger charge is -2.25. The molecule has 0 fully saturated rings. The van der Waals surface area contributed by atoms with Crippen molar-refractivity contribution in [3.05, 3.63) is 83.0 Å². The van der Waals surface area contributed by atoms with Crippen LogP contribution in [0, 0.1) is 0 Å². The highest BCUT2D eigenvalue weighted by Crippen LogP contribution is 2.34. The van der Waals surface area contributed by atoms with Crippen LogP contribution in [0.1, 0.15) is 37.9 Å². The van der Waals surface area contributed by atoms with Gasteiger partial charge in [0.1, 0.15) is 0 Å². The average Bonchev–Trinajstić information content (AvgIpc) is 3.19. The number of carbonyl (C=O) groups is 1. The summed E-state index contributed by atoms with van der Waals surface area (Å²) in [5, 5.41) is 0. The number of methoxy groups -OCH3 is 1. The standard InChI is InChI=1S/C28H30BrN3O5S/c1-7-36-22-15-20(29)18(13-21(22)35-6)14-23-26(33)32-25(17-9-11-19(12-10-17)31(4)5)24(27(34)37-8-2)16(3)30-28(32)38-23/h9-15,25H,7-8H2,1-6H3/b23-14+/t25-/m0/s1. The fraction of sp³-hybridized carbons (Fsp3) is 0.321. The third-order valence-corrected chi connectivity index (χ3v) is 7.78. The van der Waals surface area contributed by atoms with E-state index in [1.165, 1.54) is 11.3 Å². The fourth-order valence-electron chi connectivity index (χ4n) is 4.29. The second kappa shape index (κ2) is 11.6. The quantitative estimate of drug-likeness (QED) is 0.364. The SMILES string of the molecule is CCOC(=O)C1=C(C)N=c2s/c(=C/c3cc(OC)c(OCC)cc3Br)c(=O)n2[C@H]1c1ccc(N(C)C)cc1. The Bertz CT molecular complexity index is 1570. The number of fused-ring (bicyclic) bond motifs is 1. The van der Waals surface area contributed by atoms with Crippen molar-refractivity contribution in [2.24, 2.45) is 4.99 Å². The molecule has 0 amide bonds. The first-order valence-corrected chi connectivity index (χ1v) is 13.8. The number of nitrogens with zero attached hydrogens (tertiary/aromatic N) is 3. The smallest absolute Gasteiger partial charge is 0.338 e. The molecule has 0 saturated carbocycles. The monoisotopic (exact) mass is 599 g/mol. The highest BCUT2D eigenvalue weighted by molar-refractivity contribution is 9.10. The van der Waals surface area contributed by atoms with E-state index in [-0.39, 0.29) is 12.2 Å². The summed E-state index contributed by atoms with van der Waals surface area (Å²) in [4.78, 5) is 34.1. The van der Waals surface area contributed by atoms with Gasteiger partial charge in [-0.1, -0.05) is 39.4 Å². The molecule has 0 N–H and O–H groups in total. The summed E-state index contributed by atoms with van der Waals surface area (Å²) in [6.45, 7) is 6.16. The second-order valence-electron chi connectivity index (χ2n) is 8.75. The summed E-state index contributed by atoms with van der Waals surface area (Å²) in [6, 6.07) is 10.8. The fourth-order valence-corrected chi connectivity index (χ4v) is 5.77. The minimum Gasteiger partial charge on any atom is -0.493 e. The zero-order valence-corrected chi connectivity index (χ0v) is 24.6. The van der Waals surface area contributed by atoms with Gasteiger partial charge < -0.3 is 19.1 Å². The van der Waals surface area contributed by atoms with Gasteiger partial charge in [-0.15, -0.1) is 0 Å². The topological polar surface area (TPSA) is 82.4 Å². The summed E-state index contributed by atoms with van der Waals surface area (Å²) >= 11 is 4.86. The van der Waals surface area contributed by atoms with Crippen molar-refractivity contribution >= 4 is 45.0 Å². The second-order valence-corrected chi connectivity index (χ2v) is 10.6. The Labute approximate surface area is 233 Å². The van der Waals surface area contributed by atoms with E-state index in [9.17, 15) is 9.59 Å².